The summed E-state index contributed by atoms with van der Waals surface area (Å²) < 4.78 is 64.4. The molecule has 0 aliphatic carbocycles. The Labute approximate surface area is 152 Å². The van der Waals surface area contributed by atoms with Crippen LogP contribution in [-0.2, 0) is 6.18 Å². The predicted molar refractivity (Wildman–Crippen MR) is 90.6 cm³/mol. The molecule has 2 amide bonds. The largest absolute Gasteiger partial charge is 0.416 e. The molecule has 1 N–H and O–H groups in total. The van der Waals surface area contributed by atoms with Crippen LogP contribution in [0.15, 0.2) is 42.5 Å². The molecule has 0 unspecified atom stereocenters. The van der Waals surface area contributed by atoms with E-state index in [4.69, 9.17) is 0 Å². The van der Waals surface area contributed by atoms with Crippen molar-refractivity contribution in [2.45, 2.75) is 6.18 Å². The van der Waals surface area contributed by atoms with Gasteiger partial charge in [-0.1, -0.05) is 0 Å². The third kappa shape index (κ3) is 4.47. The van der Waals surface area contributed by atoms with Gasteiger partial charge in [0.1, 0.15) is 11.6 Å². The normalized spacial score (nSPS) is 15.0. The molecular weight excluding hydrogens is 369 g/mol. The quantitative estimate of drug-likeness (QED) is 0.781. The van der Waals surface area contributed by atoms with Crippen LogP contribution in [0.5, 0.6) is 0 Å². The molecule has 0 saturated carbocycles. The number of amides is 2. The Balaban J connectivity index is 1.57. The zero-order valence-electron chi connectivity index (χ0n) is 14.1. The number of benzene rings is 2. The van der Waals surface area contributed by atoms with E-state index < -0.39 is 29.4 Å². The average molecular weight is 385 g/mol. The lowest BCUT2D eigenvalue weighted by Gasteiger charge is -2.36. The molecule has 1 fully saturated rings. The van der Waals surface area contributed by atoms with Gasteiger partial charge in [-0.2, -0.15) is 13.2 Å². The highest BCUT2D eigenvalue weighted by Gasteiger charge is 2.30. The first kappa shape index (κ1) is 18.9. The van der Waals surface area contributed by atoms with E-state index in [1.165, 1.54) is 17.0 Å². The molecule has 1 aliphatic rings. The van der Waals surface area contributed by atoms with Crippen molar-refractivity contribution in [3.05, 3.63) is 59.7 Å². The fraction of sp³-hybridized carbons (Fsp3) is 0.278. The maximum atomic E-state index is 13.6. The number of piperazine rings is 1. The van der Waals surface area contributed by atoms with Crippen molar-refractivity contribution in [3.63, 3.8) is 0 Å². The molecule has 2 aromatic rings. The zero-order valence-corrected chi connectivity index (χ0v) is 14.1. The van der Waals surface area contributed by atoms with Crippen LogP contribution in [0.3, 0.4) is 0 Å². The summed E-state index contributed by atoms with van der Waals surface area (Å²) in [6.45, 7) is 1.47. The molecule has 3 rings (SSSR count). The van der Waals surface area contributed by atoms with Gasteiger partial charge in [0, 0.05) is 37.9 Å². The minimum atomic E-state index is -4.38. The number of halogens is 5. The molecule has 1 saturated heterocycles. The molecule has 0 aromatic heterocycles. The van der Waals surface area contributed by atoms with E-state index in [1.807, 2.05) is 4.90 Å². The van der Waals surface area contributed by atoms with Crippen molar-refractivity contribution in [3.8, 4) is 0 Å². The van der Waals surface area contributed by atoms with Gasteiger partial charge in [0.2, 0.25) is 0 Å². The van der Waals surface area contributed by atoms with Crippen molar-refractivity contribution in [1.82, 2.24) is 4.90 Å². The van der Waals surface area contributed by atoms with E-state index in [1.54, 1.807) is 0 Å². The molecule has 0 spiro atoms. The second kappa shape index (κ2) is 7.42. The lowest BCUT2D eigenvalue weighted by atomic mass is 10.1. The molecular formula is C18H16F5N3O. The van der Waals surface area contributed by atoms with E-state index in [-0.39, 0.29) is 5.69 Å². The van der Waals surface area contributed by atoms with Gasteiger partial charge < -0.3 is 15.1 Å². The first-order valence-electron chi connectivity index (χ1n) is 8.17. The van der Waals surface area contributed by atoms with Gasteiger partial charge in [0.25, 0.3) is 0 Å². The first-order valence-corrected chi connectivity index (χ1v) is 8.17. The monoisotopic (exact) mass is 385 g/mol. The van der Waals surface area contributed by atoms with Crippen LogP contribution in [0.4, 0.5) is 38.1 Å². The molecule has 9 heteroatoms. The number of alkyl halides is 3. The Morgan fingerprint density at radius 1 is 0.926 bits per heavy atom. The number of urea groups is 1. The molecule has 27 heavy (non-hydrogen) atoms. The molecule has 144 valence electrons. The van der Waals surface area contributed by atoms with Crippen molar-refractivity contribution in [2.24, 2.45) is 0 Å². The summed E-state index contributed by atoms with van der Waals surface area (Å²) in [6.07, 6.45) is -4.38. The van der Waals surface area contributed by atoms with E-state index in [9.17, 15) is 26.7 Å². The Hall–Kier alpha value is -2.84. The van der Waals surface area contributed by atoms with Gasteiger partial charge in [0.05, 0.1) is 11.3 Å². The minimum Gasteiger partial charge on any atom is -0.368 e. The Morgan fingerprint density at radius 2 is 1.56 bits per heavy atom. The van der Waals surface area contributed by atoms with Gasteiger partial charge in [-0.15, -0.1) is 0 Å². The first-order chi connectivity index (χ1) is 12.7. The number of rotatable bonds is 2. The number of nitrogens with zero attached hydrogens (tertiary/aromatic N) is 2. The summed E-state index contributed by atoms with van der Waals surface area (Å²) in [4.78, 5) is 15.5. The van der Waals surface area contributed by atoms with E-state index in [2.05, 4.69) is 5.32 Å². The SMILES string of the molecule is O=C(Nc1ccc(F)cc1F)N1CCN(c2ccc(C(F)(F)F)cc2)CC1. The molecule has 0 bridgehead atoms. The summed E-state index contributed by atoms with van der Waals surface area (Å²) in [5.41, 5.74) is -0.204. The van der Waals surface area contributed by atoms with E-state index in [0.29, 0.717) is 37.9 Å². The highest BCUT2D eigenvalue weighted by atomic mass is 19.4. The van der Waals surface area contributed by atoms with Crippen LogP contribution >= 0.6 is 0 Å². The third-order valence-corrected chi connectivity index (χ3v) is 4.30. The van der Waals surface area contributed by atoms with E-state index in [0.717, 1.165) is 24.3 Å². The van der Waals surface area contributed by atoms with Crippen LogP contribution in [-0.4, -0.2) is 37.1 Å². The van der Waals surface area contributed by atoms with Crippen LogP contribution in [0, 0.1) is 11.6 Å². The lowest BCUT2D eigenvalue weighted by molar-refractivity contribution is -0.137. The number of hydrogen-bond donors (Lipinski definition) is 1. The van der Waals surface area contributed by atoms with Crippen LogP contribution in [0.2, 0.25) is 0 Å². The summed E-state index contributed by atoms with van der Waals surface area (Å²) in [7, 11) is 0. The van der Waals surface area contributed by atoms with Crippen LogP contribution in [0.1, 0.15) is 5.56 Å². The molecule has 1 heterocycles. The van der Waals surface area contributed by atoms with Gasteiger partial charge in [-0.05, 0) is 36.4 Å². The summed E-state index contributed by atoms with van der Waals surface area (Å²) >= 11 is 0. The third-order valence-electron chi connectivity index (χ3n) is 4.30. The van der Waals surface area contributed by atoms with Crippen molar-refractivity contribution in [1.29, 1.82) is 0 Å². The maximum absolute atomic E-state index is 13.6. The van der Waals surface area contributed by atoms with Crippen LogP contribution in [0.25, 0.3) is 0 Å². The summed E-state index contributed by atoms with van der Waals surface area (Å²) in [6, 6.07) is 7.17. The van der Waals surface area contributed by atoms with Gasteiger partial charge in [-0.25, -0.2) is 13.6 Å². The highest BCUT2D eigenvalue weighted by molar-refractivity contribution is 5.89. The van der Waals surface area contributed by atoms with Gasteiger partial charge in [0.15, 0.2) is 0 Å². The highest BCUT2D eigenvalue weighted by Crippen LogP contribution is 2.30. The summed E-state index contributed by atoms with van der Waals surface area (Å²) in [5, 5.41) is 2.39. The standard InChI is InChI=1S/C18H16F5N3O/c19-13-3-6-16(15(20)11-13)24-17(27)26-9-7-25(8-10-26)14-4-1-12(2-5-14)18(21,22)23/h1-6,11H,7-10H2,(H,24,27). The number of hydrogen-bond acceptors (Lipinski definition) is 2. The fourth-order valence-corrected chi connectivity index (χ4v) is 2.81. The Kier molecular flexibility index (Phi) is 5.20. The number of nitrogens with one attached hydrogen (secondary N) is 1. The van der Waals surface area contributed by atoms with Crippen LogP contribution < -0.4 is 10.2 Å². The van der Waals surface area contributed by atoms with Crippen molar-refractivity contribution >= 4 is 17.4 Å². The smallest absolute Gasteiger partial charge is 0.368 e. The maximum Gasteiger partial charge on any atom is 0.416 e. The number of carbonyl (C=O) groups is 1. The minimum absolute atomic E-state index is 0.119. The Bertz CT molecular complexity index is 815. The number of carbonyl (C=O) groups excluding carboxylic acids is 1. The summed E-state index contributed by atoms with van der Waals surface area (Å²) in [5.74, 6) is -1.61. The predicted octanol–water partition coefficient (Wildman–Crippen LogP) is 4.34. The van der Waals surface area contributed by atoms with Gasteiger partial charge >= 0.3 is 12.2 Å². The Morgan fingerprint density at radius 3 is 2.11 bits per heavy atom. The topological polar surface area (TPSA) is 35.6 Å². The lowest BCUT2D eigenvalue weighted by Crippen LogP contribution is -2.50. The zero-order chi connectivity index (χ0) is 19.6. The molecule has 0 radical (unpaired) electrons. The second-order valence-corrected chi connectivity index (χ2v) is 6.07. The van der Waals surface area contributed by atoms with Crippen molar-refractivity contribution in [2.75, 3.05) is 36.4 Å². The average Bonchev–Trinajstić information content (AvgIpc) is 2.63. The van der Waals surface area contributed by atoms with Gasteiger partial charge in [-0.3, -0.25) is 0 Å². The second-order valence-electron chi connectivity index (χ2n) is 6.07. The number of anilines is 2. The fourth-order valence-electron chi connectivity index (χ4n) is 2.81. The molecule has 2 aromatic carbocycles. The molecule has 1 aliphatic heterocycles. The van der Waals surface area contributed by atoms with Crippen molar-refractivity contribution < 1.29 is 26.7 Å². The molecule has 4 nitrogen and oxygen atoms in total. The van der Waals surface area contributed by atoms with E-state index >= 15 is 0 Å². The molecule has 0 atom stereocenters.